The first kappa shape index (κ1) is 16.6. The Bertz CT molecular complexity index is 474. The number of anilines is 1. The second kappa shape index (κ2) is 6.55. The Balaban J connectivity index is 2.08. The minimum Gasteiger partial charge on any atom is -0.372 e. The molecule has 0 aliphatic carbocycles. The molecule has 1 aromatic rings. The lowest BCUT2D eigenvalue weighted by molar-refractivity contribution is -0.00520. The number of nitrogens with zero attached hydrogens (tertiary/aromatic N) is 1. The minimum absolute atomic E-state index is 0.111. The van der Waals surface area contributed by atoms with Crippen molar-refractivity contribution in [3.63, 3.8) is 0 Å². The molecule has 0 amide bonds. The van der Waals surface area contributed by atoms with Gasteiger partial charge in [-0.2, -0.15) is 0 Å². The van der Waals surface area contributed by atoms with Crippen LogP contribution in [0, 0.1) is 0 Å². The Labute approximate surface area is 133 Å². The lowest BCUT2D eigenvalue weighted by atomic mass is 10.1. The first-order chi connectivity index (χ1) is 9.74. The summed E-state index contributed by atoms with van der Waals surface area (Å²) in [6.07, 6.45) is 0.485. The second-order valence-electron chi connectivity index (χ2n) is 7.05. The van der Waals surface area contributed by atoms with E-state index in [2.05, 4.69) is 63.0 Å². The van der Waals surface area contributed by atoms with E-state index in [1.54, 1.807) is 0 Å². The van der Waals surface area contributed by atoms with E-state index in [1.807, 2.05) is 0 Å². The van der Waals surface area contributed by atoms with Crippen molar-refractivity contribution in [2.45, 2.75) is 58.9 Å². The normalized spacial score (nSPS) is 23.4. The van der Waals surface area contributed by atoms with E-state index in [-0.39, 0.29) is 17.7 Å². The molecule has 2 rings (SSSR count). The fourth-order valence-corrected chi connectivity index (χ4v) is 2.98. The number of morpholine rings is 1. The predicted octanol–water partition coefficient (Wildman–Crippen LogP) is 3.84. The Morgan fingerprint density at radius 3 is 2.38 bits per heavy atom. The van der Waals surface area contributed by atoms with Crippen LogP contribution >= 0.6 is 11.6 Å². The summed E-state index contributed by atoms with van der Waals surface area (Å²) in [7, 11) is 0. The summed E-state index contributed by atoms with van der Waals surface area (Å²) in [5.41, 5.74) is 2.44. The molecule has 1 aliphatic heterocycles. The summed E-state index contributed by atoms with van der Waals surface area (Å²) < 4.78 is 5.78. The SMILES string of the molecule is C[C@@H]1CN(c2ccc(CNC(C)(C)C)cc2Cl)C[C@H](C)O1. The molecule has 1 aliphatic rings. The van der Waals surface area contributed by atoms with Gasteiger partial charge in [-0.25, -0.2) is 0 Å². The van der Waals surface area contributed by atoms with Gasteiger partial charge in [0.25, 0.3) is 0 Å². The molecule has 2 atom stereocenters. The largest absolute Gasteiger partial charge is 0.372 e. The first-order valence-corrected chi connectivity index (χ1v) is 8.06. The fourth-order valence-electron chi connectivity index (χ4n) is 2.66. The van der Waals surface area contributed by atoms with Crippen LogP contribution in [0.4, 0.5) is 5.69 Å². The van der Waals surface area contributed by atoms with Crippen molar-refractivity contribution in [2.75, 3.05) is 18.0 Å². The van der Waals surface area contributed by atoms with Crippen molar-refractivity contribution in [1.82, 2.24) is 5.32 Å². The van der Waals surface area contributed by atoms with E-state index in [1.165, 1.54) is 5.56 Å². The minimum atomic E-state index is 0.111. The number of hydrogen-bond donors (Lipinski definition) is 1. The molecule has 1 fully saturated rings. The lowest BCUT2D eigenvalue weighted by Crippen LogP contribution is -2.45. The number of halogens is 1. The van der Waals surface area contributed by atoms with Crippen LogP contribution in [0.5, 0.6) is 0 Å². The van der Waals surface area contributed by atoms with Gasteiger partial charge >= 0.3 is 0 Å². The van der Waals surface area contributed by atoms with Gasteiger partial charge in [-0.15, -0.1) is 0 Å². The van der Waals surface area contributed by atoms with Crippen molar-refractivity contribution < 1.29 is 4.74 Å². The van der Waals surface area contributed by atoms with Crippen molar-refractivity contribution in [3.05, 3.63) is 28.8 Å². The van der Waals surface area contributed by atoms with Crippen molar-refractivity contribution in [3.8, 4) is 0 Å². The first-order valence-electron chi connectivity index (χ1n) is 7.68. The zero-order chi connectivity index (χ0) is 15.6. The van der Waals surface area contributed by atoms with Crippen LogP contribution in [0.25, 0.3) is 0 Å². The molecular formula is C17H27ClN2O. The van der Waals surface area contributed by atoms with Gasteiger partial charge in [0.1, 0.15) is 0 Å². The van der Waals surface area contributed by atoms with Crippen LogP contribution in [0.1, 0.15) is 40.2 Å². The van der Waals surface area contributed by atoms with Crippen molar-refractivity contribution in [1.29, 1.82) is 0 Å². The molecule has 21 heavy (non-hydrogen) atoms. The topological polar surface area (TPSA) is 24.5 Å². The van der Waals surface area contributed by atoms with Gasteiger partial charge in [0.05, 0.1) is 22.9 Å². The maximum atomic E-state index is 6.50. The van der Waals surface area contributed by atoms with E-state index in [0.29, 0.717) is 0 Å². The molecule has 1 aromatic carbocycles. The highest BCUT2D eigenvalue weighted by atomic mass is 35.5. The Morgan fingerprint density at radius 1 is 1.24 bits per heavy atom. The molecule has 0 unspecified atom stereocenters. The quantitative estimate of drug-likeness (QED) is 0.918. The van der Waals surface area contributed by atoms with Crippen molar-refractivity contribution >= 4 is 17.3 Å². The Morgan fingerprint density at radius 2 is 1.86 bits per heavy atom. The average molecular weight is 311 g/mol. The van der Waals surface area contributed by atoms with Crippen LogP contribution in [0.15, 0.2) is 18.2 Å². The van der Waals surface area contributed by atoms with Crippen LogP contribution in [-0.4, -0.2) is 30.8 Å². The molecule has 3 nitrogen and oxygen atoms in total. The summed E-state index contributed by atoms with van der Waals surface area (Å²) in [6.45, 7) is 13.3. The summed E-state index contributed by atoms with van der Waals surface area (Å²) in [5.74, 6) is 0. The summed E-state index contributed by atoms with van der Waals surface area (Å²) >= 11 is 6.50. The standard InChI is InChI=1S/C17H27ClN2O/c1-12-10-20(11-13(2)21-12)16-7-6-14(8-15(16)18)9-19-17(3,4)5/h6-8,12-13,19H,9-11H2,1-5H3/t12-,13+. The van der Waals surface area contributed by atoms with E-state index >= 15 is 0 Å². The highest BCUT2D eigenvalue weighted by Crippen LogP contribution is 2.29. The maximum absolute atomic E-state index is 6.50. The number of benzene rings is 1. The third kappa shape index (κ3) is 4.87. The number of nitrogens with one attached hydrogen (secondary N) is 1. The van der Waals surface area contributed by atoms with E-state index in [9.17, 15) is 0 Å². The Hall–Kier alpha value is -0.770. The molecule has 4 heteroatoms. The molecule has 1 N–H and O–H groups in total. The molecule has 1 heterocycles. The highest BCUT2D eigenvalue weighted by molar-refractivity contribution is 6.33. The van der Waals surface area contributed by atoms with Crippen LogP contribution in [0.2, 0.25) is 5.02 Å². The van der Waals surface area contributed by atoms with Gasteiger partial charge in [-0.05, 0) is 52.3 Å². The summed E-state index contributed by atoms with van der Waals surface area (Å²) in [5, 5.41) is 4.31. The fraction of sp³-hybridized carbons (Fsp3) is 0.647. The lowest BCUT2D eigenvalue weighted by Gasteiger charge is -2.37. The number of rotatable bonds is 3. The van der Waals surface area contributed by atoms with Crippen LogP contribution in [0.3, 0.4) is 0 Å². The third-order valence-electron chi connectivity index (χ3n) is 3.60. The molecule has 0 aromatic heterocycles. The number of ether oxygens (including phenoxy) is 1. The molecule has 0 spiro atoms. The third-order valence-corrected chi connectivity index (χ3v) is 3.90. The molecular weight excluding hydrogens is 284 g/mol. The van der Waals surface area contributed by atoms with Gasteiger partial charge in [0.15, 0.2) is 0 Å². The molecule has 0 saturated carbocycles. The van der Waals surface area contributed by atoms with Crippen LogP contribution < -0.4 is 10.2 Å². The van der Waals surface area contributed by atoms with Crippen LogP contribution in [-0.2, 0) is 11.3 Å². The van der Waals surface area contributed by atoms with Crippen molar-refractivity contribution in [2.24, 2.45) is 0 Å². The van der Waals surface area contributed by atoms with Gasteiger partial charge in [-0.3, -0.25) is 0 Å². The maximum Gasteiger partial charge on any atom is 0.0726 e. The van der Waals surface area contributed by atoms with Gasteiger partial charge < -0.3 is 15.0 Å². The van der Waals surface area contributed by atoms with Gasteiger partial charge in [0, 0.05) is 25.2 Å². The van der Waals surface area contributed by atoms with Gasteiger partial charge in [-0.1, -0.05) is 17.7 Å². The summed E-state index contributed by atoms with van der Waals surface area (Å²) in [4.78, 5) is 2.32. The van der Waals surface area contributed by atoms with E-state index in [4.69, 9.17) is 16.3 Å². The zero-order valence-electron chi connectivity index (χ0n) is 13.7. The molecule has 0 radical (unpaired) electrons. The Kier molecular flexibility index (Phi) is 5.18. The number of hydrogen-bond acceptors (Lipinski definition) is 3. The zero-order valence-corrected chi connectivity index (χ0v) is 14.5. The van der Waals surface area contributed by atoms with E-state index in [0.717, 1.165) is 30.3 Å². The van der Waals surface area contributed by atoms with E-state index < -0.39 is 0 Å². The predicted molar refractivity (Wildman–Crippen MR) is 90.3 cm³/mol. The molecule has 1 saturated heterocycles. The summed E-state index contributed by atoms with van der Waals surface area (Å²) in [6, 6.07) is 6.36. The van der Waals surface area contributed by atoms with Gasteiger partial charge in [0.2, 0.25) is 0 Å². The monoisotopic (exact) mass is 310 g/mol. The molecule has 118 valence electrons. The average Bonchev–Trinajstić information content (AvgIpc) is 2.34. The second-order valence-corrected chi connectivity index (χ2v) is 7.46. The highest BCUT2D eigenvalue weighted by Gasteiger charge is 2.23. The molecule has 0 bridgehead atoms. The smallest absolute Gasteiger partial charge is 0.0726 e.